The van der Waals surface area contributed by atoms with Crippen molar-refractivity contribution in [2.45, 2.75) is 20.3 Å². The summed E-state index contributed by atoms with van der Waals surface area (Å²) in [5.41, 5.74) is 2.04. The van der Waals surface area contributed by atoms with Crippen LogP contribution in [0.15, 0.2) is 48.5 Å². The normalized spacial score (nSPS) is 10.1. The third-order valence-corrected chi connectivity index (χ3v) is 3.80. The number of carbonyl (C=O) groups excluding carboxylic acids is 3. The average molecular weight is 384 g/mol. The minimum absolute atomic E-state index is 0.228. The Hall–Kier alpha value is -3.35. The van der Waals surface area contributed by atoms with E-state index in [0.717, 1.165) is 6.42 Å². The molecule has 2 aromatic rings. The van der Waals surface area contributed by atoms with E-state index in [4.69, 9.17) is 9.47 Å². The predicted molar refractivity (Wildman–Crippen MR) is 105 cm³/mol. The fourth-order valence-electron chi connectivity index (χ4n) is 2.35. The van der Waals surface area contributed by atoms with Crippen LogP contribution in [0.25, 0.3) is 0 Å². The van der Waals surface area contributed by atoms with Crippen LogP contribution in [-0.2, 0) is 20.7 Å². The fourth-order valence-corrected chi connectivity index (χ4v) is 2.35. The Bertz CT molecular complexity index is 818. The number of benzene rings is 2. The largest absolute Gasteiger partial charge is 0.482 e. The number of amides is 2. The van der Waals surface area contributed by atoms with Crippen molar-refractivity contribution in [3.63, 3.8) is 0 Å². The predicted octanol–water partition coefficient (Wildman–Crippen LogP) is 2.56. The summed E-state index contributed by atoms with van der Waals surface area (Å²) < 4.78 is 10.2. The average Bonchev–Trinajstić information content (AvgIpc) is 2.71. The Morgan fingerprint density at radius 2 is 1.71 bits per heavy atom. The van der Waals surface area contributed by atoms with E-state index in [1.807, 2.05) is 19.1 Å². The van der Waals surface area contributed by atoms with Gasteiger partial charge in [0.15, 0.2) is 13.2 Å². The van der Waals surface area contributed by atoms with Crippen LogP contribution < -0.4 is 15.4 Å². The van der Waals surface area contributed by atoms with Crippen LogP contribution in [0, 0.1) is 0 Å². The number of esters is 1. The monoisotopic (exact) mass is 384 g/mol. The molecule has 0 atom stereocenters. The van der Waals surface area contributed by atoms with Crippen LogP contribution in [0.2, 0.25) is 0 Å². The van der Waals surface area contributed by atoms with Gasteiger partial charge in [0.2, 0.25) is 0 Å². The highest BCUT2D eigenvalue weighted by Crippen LogP contribution is 2.13. The highest BCUT2D eigenvalue weighted by Gasteiger charge is 2.10. The molecule has 0 bridgehead atoms. The number of ether oxygens (including phenoxy) is 2. The molecule has 0 radical (unpaired) electrons. The zero-order valence-electron chi connectivity index (χ0n) is 16.0. The number of carbonyl (C=O) groups is 3. The van der Waals surface area contributed by atoms with E-state index in [9.17, 15) is 14.4 Å². The number of hydrogen-bond donors (Lipinski definition) is 2. The van der Waals surface area contributed by atoms with E-state index in [1.54, 1.807) is 36.4 Å². The van der Waals surface area contributed by atoms with Crippen molar-refractivity contribution in [2.24, 2.45) is 0 Å². The van der Waals surface area contributed by atoms with Gasteiger partial charge in [0.25, 0.3) is 11.8 Å². The molecule has 0 heterocycles. The maximum atomic E-state index is 11.9. The Kier molecular flexibility index (Phi) is 8.02. The van der Waals surface area contributed by atoms with Gasteiger partial charge < -0.3 is 20.1 Å². The summed E-state index contributed by atoms with van der Waals surface area (Å²) in [7, 11) is 0. The maximum absolute atomic E-state index is 11.9. The molecular weight excluding hydrogens is 360 g/mol. The van der Waals surface area contributed by atoms with Gasteiger partial charge >= 0.3 is 5.97 Å². The lowest BCUT2D eigenvalue weighted by Gasteiger charge is -2.09. The molecule has 0 aliphatic heterocycles. The second-order valence-corrected chi connectivity index (χ2v) is 5.94. The van der Waals surface area contributed by atoms with Crippen LogP contribution in [0.5, 0.6) is 5.75 Å². The molecule has 0 saturated heterocycles. The zero-order valence-corrected chi connectivity index (χ0v) is 16.0. The first-order chi connectivity index (χ1) is 13.5. The number of hydrogen-bond acceptors (Lipinski definition) is 5. The van der Waals surface area contributed by atoms with Gasteiger partial charge in [-0.15, -0.1) is 0 Å². The van der Waals surface area contributed by atoms with E-state index in [1.165, 1.54) is 5.56 Å². The topological polar surface area (TPSA) is 93.7 Å². The second-order valence-electron chi connectivity index (χ2n) is 5.94. The lowest BCUT2D eigenvalue weighted by Crippen LogP contribution is -2.24. The lowest BCUT2D eigenvalue weighted by molar-refractivity contribution is -0.149. The molecule has 7 nitrogen and oxygen atoms in total. The van der Waals surface area contributed by atoms with Crippen LogP contribution in [0.1, 0.15) is 29.8 Å². The van der Waals surface area contributed by atoms with Gasteiger partial charge in [0.05, 0.1) is 0 Å². The molecule has 0 unspecified atom stereocenters. The molecule has 0 saturated carbocycles. The van der Waals surface area contributed by atoms with E-state index in [2.05, 4.69) is 17.6 Å². The van der Waals surface area contributed by atoms with Crippen molar-refractivity contribution in [3.8, 4) is 5.75 Å². The third kappa shape index (κ3) is 6.75. The number of nitrogens with one attached hydrogen (secondary N) is 2. The van der Waals surface area contributed by atoms with Crippen molar-refractivity contribution >= 4 is 23.5 Å². The molecule has 2 amide bonds. The smallest absolute Gasteiger partial charge is 0.344 e. The summed E-state index contributed by atoms with van der Waals surface area (Å²) in [5.74, 6) is -0.825. The van der Waals surface area contributed by atoms with Gasteiger partial charge in [-0.05, 0) is 49.2 Å². The Morgan fingerprint density at radius 1 is 0.964 bits per heavy atom. The molecule has 0 aromatic heterocycles. The Labute approximate surface area is 164 Å². The molecule has 0 aliphatic rings. The van der Waals surface area contributed by atoms with Crippen molar-refractivity contribution in [3.05, 3.63) is 59.7 Å². The minimum atomic E-state index is -0.647. The summed E-state index contributed by atoms with van der Waals surface area (Å²) in [6.45, 7) is 3.65. The summed E-state index contributed by atoms with van der Waals surface area (Å²) in [5, 5.41) is 5.27. The van der Waals surface area contributed by atoms with Crippen molar-refractivity contribution < 1.29 is 23.9 Å². The van der Waals surface area contributed by atoms with Gasteiger partial charge in [-0.25, -0.2) is 4.79 Å². The summed E-state index contributed by atoms with van der Waals surface area (Å²) in [6, 6.07) is 13.9. The molecule has 2 aromatic carbocycles. The first-order valence-electron chi connectivity index (χ1n) is 9.07. The van der Waals surface area contributed by atoms with E-state index in [0.29, 0.717) is 23.5 Å². The summed E-state index contributed by atoms with van der Waals surface area (Å²) >= 11 is 0. The van der Waals surface area contributed by atoms with Crippen LogP contribution in [-0.4, -0.2) is 37.5 Å². The van der Waals surface area contributed by atoms with Crippen molar-refractivity contribution in [1.82, 2.24) is 5.32 Å². The molecule has 0 aliphatic carbocycles. The quantitative estimate of drug-likeness (QED) is 0.648. The highest BCUT2D eigenvalue weighted by molar-refractivity contribution is 5.97. The molecular formula is C21H24N2O5. The number of aryl methyl sites for hydroxylation is 1. The van der Waals surface area contributed by atoms with Crippen LogP contribution >= 0.6 is 0 Å². The first kappa shape index (κ1) is 21.0. The van der Waals surface area contributed by atoms with Crippen molar-refractivity contribution in [2.75, 3.05) is 25.1 Å². The SMILES string of the molecule is CCNC(=O)c1cccc(NC(=O)COC(=O)COc2ccc(CC)cc2)c1. The molecule has 28 heavy (non-hydrogen) atoms. The molecule has 7 heteroatoms. The number of rotatable bonds is 9. The zero-order chi connectivity index (χ0) is 20.4. The molecule has 2 N–H and O–H groups in total. The molecule has 0 fully saturated rings. The Balaban J connectivity index is 1.76. The highest BCUT2D eigenvalue weighted by atomic mass is 16.6. The standard InChI is InChI=1S/C21H24N2O5/c1-3-15-8-10-18(11-9-15)27-14-20(25)28-13-19(24)23-17-7-5-6-16(12-17)21(26)22-4-2/h5-12H,3-4,13-14H2,1-2H3,(H,22,26)(H,23,24). The summed E-state index contributed by atoms with van der Waals surface area (Å²) in [4.78, 5) is 35.5. The van der Waals surface area contributed by atoms with Gasteiger partial charge in [0, 0.05) is 17.8 Å². The number of anilines is 1. The first-order valence-corrected chi connectivity index (χ1v) is 9.07. The van der Waals surface area contributed by atoms with Gasteiger partial charge in [-0.1, -0.05) is 25.1 Å². The van der Waals surface area contributed by atoms with Gasteiger partial charge in [-0.3, -0.25) is 9.59 Å². The van der Waals surface area contributed by atoms with Crippen LogP contribution in [0.4, 0.5) is 5.69 Å². The maximum Gasteiger partial charge on any atom is 0.344 e. The molecule has 148 valence electrons. The van der Waals surface area contributed by atoms with E-state index >= 15 is 0 Å². The summed E-state index contributed by atoms with van der Waals surface area (Å²) in [6.07, 6.45) is 0.920. The second kappa shape index (κ2) is 10.7. The van der Waals surface area contributed by atoms with E-state index in [-0.39, 0.29) is 12.5 Å². The van der Waals surface area contributed by atoms with Gasteiger partial charge in [0.1, 0.15) is 5.75 Å². The van der Waals surface area contributed by atoms with E-state index < -0.39 is 18.5 Å². The third-order valence-electron chi connectivity index (χ3n) is 3.80. The van der Waals surface area contributed by atoms with Crippen molar-refractivity contribution in [1.29, 1.82) is 0 Å². The van der Waals surface area contributed by atoms with Crippen LogP contribution in [0.3, 0.4) is 0 Å². The van der Waals surface area contributed by atoms with Gasteiger partial charge in [-0.2, -0.15) is 0 Å². The fraction of sp³-hybridized carbons (Fsp3) is 0.286. The molecule has 2 rings (SSSR count). The molecule has 0 spiro atoms. The lowest BCUT2D eigenvalue weighted by atomic mass is 10.2. The Morgan fingerprint density at radius 3 is 2.39 bits per heavy atom. The minimum Gasteiger partial charge on any atom is -0.482 e.